The lowest BCUT2D eigenvalue weighted by molar-refractivity contribution is 0.0860. The molecule has 3 heteroatoms. The smallest absolute Gasteiger partial charge is 0.119 e. The van der Waals surface area contributed by atoms with Crippen LogP contribution in [-0.2, 0) is 0 Å². The molecule has 1 aliphatic carbocycles. The van der Waals surface area contributed by atoms with Gasteiger partial charge in [0.25, 0.3) is 0 Å². The van der Waals surface area contributed by atoms with Crippen LogP contribution in [0.3, 0.4) is 0 Å². The summed E-state index contributed by atoms with van der Waals surface area (Å²) in [5.74, 6) is 1.36. The summed E-state index contributed by atoms with van der Waals surface area (Å²) in [4.78, 5) is 0. The average Bonchev–Trinajstić information content (AvgIpc) is 3.14. The van der Waals surface area contributed by atoms with Gasteiger partial charge in [-0.1, -0.05) is 26.0 Å². The lowest BCUT2D eigenvalue weighted by Crippen LogP contribution is -2.26. The fourth-order valence-electron chi connectivity index (χ4n) is 2.13. The van der Waals surface area contributed by atoms with Crippen molar-refractivity contribution in [2.45, 2.75) is 38.9 Å². The molecule has 1 aromatic rings. The average molecular weight is 249 g/mol. The van der Waals surface area contributed by atoms with E-state index in [0.717, 1.165) is 24.2 Å². The van der Waals surface area contributed by atoms with E-state index in [4.69, 9.17) is 10.5 Å². The van der Waals surface area contributed by atoms with Gasteiger partial charge in [0.2, 0.25) is 0 Å². The molecule has 0 amide bonds. The Hall–Kier alpha value is -1.06. The van der Waals surface area contributed by atoms with Gasteiger partial charge in [-0.2, -0.15) is 0 Å². The van der Waals surface area contributed by atoms with Crippen molar-refractivity contribution in [1.29, 1.82) is 0 Å². The van der Waals surface area contributed by atoms with Crippen LogP contribution in [0.1, 0.15) is 38.4 Å². The van der Waals surface area contributed by atoms with Crippen molar-refractivity contribution in [3.8, 4) is 5.75 Å². The molecular formula is C15H23NO2. The van der Waals surface area contributed by atoms with Gasteiger partial charge in [-0.15, -0.1) is 0 Å². The summed E-state index contributed by atoms with van der Waals surface area (Å²) in [6.07, 6.45) is 2.23. The van der Waals surface area contributed by atoms with Crippen molar-refractivity contribution in [1.82, 2.24) is 0 Å². The first-order chi connectivity index (χ1) is 8.61. The number of benzene rings is 1. The van der Waals surface area contributed by atoms with E-state index in [2.05, 4.69) is 13.8 Å². The Morgan fingerprint density at radius 1 is 1.28 bits per heavy atom. The van der Waals surface area contributed by atoms with Crippen molar-refractivity contribution in [3.05, 3.63) is 29.8 Å². The van der Waals surface area contributed by atoms with E-state index < -0.39 is 6.10 Å². The lowest BCUT2D eigenvalue weighted by Gasteiger charge is -2.25. The van der Waals surface area contributed by atoms with E-state index in [1.165, 1.54) is 0 Å². The molecule has 100 valence electrons. The van der Waals surface area contributed by atoms with E-state index in [1.54, 1.807) is 0 Å². The molecule has 1 fully saturated rings. The summed E-state index contributed by atoms with van der Waals surface area (Å²) in [6, 6.07) is 7.75. The Morgan fingerprint density at radius 3 is 2.33 bits per heavy atom. The fraction of sp³-hybridized carbons (Fsp3) is 0.600. The second-order valence-corrected chi connectivity index (χ2v) is 5.47. The number of ether oxygens (including phenoxy) is 1. The first-order valence-corrected chi connectivity index (χ1v) is 6.76. The molecule has 0 saturated heterocycles. The van der Waals surface area contributed by atoms with Crippen molar-refractivity contribution in [2.75, 3.05) is 6.54 Å². The highest BCUT2D eigenvalue weighted by molar-refractivity contribution is 5.29. The van der Waals surface area contributed by atoms with Gasteiger partial charge in [0.05, 0.1) is 12.2 Å². The maximum Gasteiger partial charge on any atom is 0.119 e. The minimum Gasteiger partial charge on any atom is -0.490 e. The van der Waals surface area contributed by atoms with Crippen molar-refractivity contribution < 1.29 is 9.84 Å². The van der Waals surface area contributed by atoms with Crippen LogP contribution in [-0.4, -0.2) is 17.8 Å². The van der Waals surface area contributed by atoms with Gasteiger partial charge in [0, 0.05) is 5.92 Å². The molecule has 3 N–H and O–H groups in total. The van der Waals surface area contributed by atoms with Gasteiger partial charge in [-0.25, -0.2) is 0 Å². The third-order valence-corrected chi connectivity index (χ3v) is 3.58. The number of aliphatic hydroxyl groups excluding tert-OH is 1. The standard InChI is InChI=1S/C15H23NO2/c1-10(2)14(9-16)15(17)11-3-5-12(6-4-11)18-13-7-8-13/h3-6,10,13-15,17H,7-9,16H2,1-2H3. The van der Waals surface area contributed by atoms with Crippen molar-refractivity contribution in [2.24, 2.45) is 17.6 Å². The number of aliphatic hydroxyl groups is 1. The minimum atomic E-state index is -0.495. The quantitative estimate of drug-likeness (QED) is 0.814. The van der Waals surface area contributed by atoms with E-state index in [9.17, 15) is 5.11 Å². The van der Waals surface area contributed by atoms with E-state index in [-0.39, 0.29) is 5.92 Å². The Labute approximate surface area is 109 Å². The topological polar surface area (TPSA) is 55.5 Å². The van der Waals surface area contributed by atoms with Gasteiger partial charge < -0.3 is 15.6 Å². The van der Waals surface area contributed by atoms with Gasteiger partial charge in [0.15, 0.2) is 0 Å². The molecule has 18 heavy (non-hydrogen) atoms. The van der Waals surface area contributed by atoms with Crippen LogP contribution >= 0.6 is 0 Å². The van der Waals surface area contributed by atoms with Crippen molar-refractivity contribution in [3.63, 3.8) is 0 Å². The van der Waals surface area contributed by atoms with Gasteiger partial charge >= 0.3 is 0 Å². The zero-order chi connectivity index (χ0) is 13.1. The molecule has 2 rings (SSSR count). The van der Waals surface area contributed by atoms with E-state index in [0.29, 0.717) is 18.6 Å². The lowest BCUT2D eigenvalue weighted by atomic mass is 9.86. The first-order valence-electron chi connectivity index (χ1n) is 6.76. The molecule has 0 radical (unpaired) electrons. The summed E-state index contributed by atoms with van der Waals surface area (Å²) in [5.41, 5.74) is 6.65. The molecule has 2 unspecified atom stereocenters. The predicted octanol–water partition coefficient (Wildman–Crippen LogP) is 2.49. The highest BCUT2D eigenvalue weighted by atomic mass is 16.5. The number of nitrogens with two attached hydrogens (primary N) is 1. The summed E-state index contributed by atoms with van der Waals surface area (Å²) < 4.78 is 5.69. The summed E-state index contributed by atoms with van der Waals surface area (Å²) in [7, 11) is 0. The zero-order valence-electron chi connectivity index (χ0n) is 11.2. The molecule has 0 aromatic heterocycles. The molecule has 2 atom stereocenters. The molecule has 0 aliphatic heterocycles. The Balaban J connectivity index is 2.02. The van der Waals surface area contributed by atoms with Crippen LogP contribution in [0.5, 0.6) is 5.75 Å². The number of hydrogen-bond acceptors (Lipinski definition) is 3. The maximum absolute atomic E-state index is 10.3. The molecule has 0 bridgehead atoms. The maximum atomic E-state index is 10.3. The monoisotopic (exact) mass is 249 g/mol. The molecule has 0 heterocycles. The predicted molar refractivity (Wildman–Crippen MR) is 72.4 cm³/mol. The van der Waals surface area contributed by atoms with E-state index in [1.807, 2.05) is 24.3 Å². The molecule has 1 saturated carbocycles. The second kappa shape index (κ2) is 5.72. The highest BCUT2D eigenvalue weighted by Crippen LogP contribution is 2.30. The van der Waals surface area contributed by atoms with Crippen LogP contribution in [0.2, 0.25) is 0 Å². The Morgan fingerprint density at radius 2 is 1.89 bits per heavy atom. The highest BCUT2D eigenvalue weighted by Gasteiger charge is 2.24. The SMILES string of the molecule is CC(C)C(CN)C(O)c1ccc(OC2CC2)cc1. The summed E-state index contributed by atoms with van der Waals surface area (Å²) in [6.45, 7) is 4.68. The first kappa shape index (κ1) is 13.4. The molecule has 1 aromatic carbocycles. The second-order valence-electron chi connectivity index (χ2n) is 5.47. The minimum absolute atomic E-state index is 0.0974. The number of rotatable bonds is 6. The molecular weight excluding hydrogens is 226 g/mol. The summed E-state index contributed by atoms with van der Waals surface area (Å²) >= 11 is 0. The third-order valence-electron chi connectivity index (χ3n) is 3.58. The van der Waals surface area contributed by atoms with Gasteiger partial charge in [-0.3, -0.25) is 0 Å². The zero-order valence-corrected chi connectivity index (χ0v) is 11.2. The molecule has 1 aliphatic rings. The number of hydrogen-bond donors (Lipinski definition) is 2. The van der Waals surface area contributed by atoms with E-state index >= 15 is 0 Å². The summed E-state index contributed by atoms with van der Waals surface area (Å²) in [5, 5.41) is 10.3. The van der Waals surface area contributed by atoms with Crippen LogP contribution in [0.25, 0.3) is 0 Å². The van der Waals surface area contributed by atoms with Gasteiger partial charge in [0.1, 0.15) is 5.75 Å². The van der Waals surface area contributed by atoms with Crippen molar-refractivity contribution >= 4 is 0 Å². The normalized spacial score (nSPS) is 18.7. The van der Waals surface area contributed by atoms with Crippen LogP contribution in [0.15, 0.2) is 24.3 Å². The van der Waals surface area contributed by atoms with Crippen LogP contribution in [0.4, 0.5) is 0 Å². The van der Waals surface area contributed by atoms with Crippen LogP contribution in [0, 0.1) is 11.8 Å². The van der Waals surface area contributed by atoms with Gasteiger partial charge in [-0.05, 0) is 43.0 Å². The molecule has 0 spiro atoms. The third kappa shape index (κ3) is 3.24. The van der Waals surface area contributed by atoms with Crippen LogP contribution < -0.4 is 10.5 Å². The fourth-order valence-corrected chi connectivity index (χ4v) is 2.13. The Bertz CT molecular complexity index is 371. The largest absolute Gasteiger partial charge is 0.490 e. The molecule has 3 nitrogen and oxygen atoms in total. The Kier molecular flexibility index (Phi) is 4.25.